The molecular formula is C13H28IN3O3. The highest BCUT2D eigenvalue weighted by Crippen LogP contribution is 1.92. The molecule has 0 aromatic rings. The topological polar surface area (TPSA) is 72.0 Å². The Labute approximate surface area is 139 Å². The number of rotatable bonds is 9. The van der Waals surface area contributed by atoms with E-state index in [0.29, 0.717) is 24.8 Å². The molecule has 0 amide bonds. The molecule has 0 aliphatic rings. The van der Waals surface area contributed by atoms with Crippen molar-refractivity contribution >= 4 is 35.9 Å². The number of aliphatic imine (C=N–C) groups is 1. The number of esters is 1. The van der Waals surface area contributed by atoms with Crippen LogP contribution in [-0.4, -0.2) is 52.4 Å². The number of guanidine groups is 1. The second-order valence-electron chi connectivity index (χ2n) is 4.57. The van der Waals surface area contributed by atoms with Crippen LogP contribution in [0.2, 0.25) is 0 Å². The van der Waals surface area contributed by atoms with Crippen LogP contribution in [0.1, 0.15) is 26.7 Å². The van der Waals surface area contributed by atoms with E-state index in [4.69, 9.17) is 4.74 Å². The molecule has 0 heterocycles. The third kappa shape index (κ3) is 13.9. The minimum atomic E-state index is -0.231. The van der Waals surface area contributed by atoms with Gasteiger partial charge in [0.1, 0.15) is 0 Å². The van der Waals surface area contributed by atoms with E-state index in [1.807, 2.05) is 0 Å². The van der Waals surface area contributed by atoms with Gasteiger partial charge >= 0.3 is 5.97 Å². The van der Waals surface area contributed by atoms with E-state index < -0.39 is 0 Å². The van der Waals surface area contributed by atoms with Crippen molar-refractivity contribution in [1.29, 1.82) is 0 Å². The first-order valence-corrected chi connectivity index (χ1v) is 6.69. The van der Waals surface area contributed by atoms with E-state index in [2.05, 4.69) is 34.2 Å². The van der Waals surface area contributed by atoms with Crippen LogP contribution in [0.15, 0.2) is 4.99 Å². The van der Waals surface area contributed by atoms with Gasteiger partial charge in [0.2, 0.25) is 0 Å². The van der Waals surface area contributed by atoms with Crippen molar-refractivity contribution in [1.82, 2.24) is 10.6 Å². The normalized spacial score (nSPS) is 10.9. The predicted octanol–water partition coefficient (Wildman–Crippen LogP) is 1.40. The van der Waals surface area contributed by atoms with Crippen molar-refractivity contribution < 1.29 is 14.3 Å². The van der Waals surface area contributed by atoms with Gasteiger partial charge in [-0.1, -0.05) is 13.8 Å². The van der Waals surface area contributed by atoms with Gasteiger partial charge in [-0.05, 0) is 12.3 Å². The third-order valence-electron chi connectivity index (χ3n) is 2.28. The summed E-state index contributed by atoms with van der Waals surface area (Å²) in [5.41, 5.74) is 0. The lowest BCUT2D eigenvalue weighted by atomic mass is 10.2. The number of halogens is 1. The summed E-state index contributed by atoms with van der Waals surface area (Å²) in [6.45, 7) is 7.10. The molecule has 0 aliphatic heterocycles. The molecule has 0 saturated carbocycles. The van der Waals surface area contributed by atoms with Gasteiger partial charge in [-0.2, -0.15) is 0 Å². The summed E-state index contributed by atoms with van der Waals surface area (Å²) < 4.78 is 10.0. The molecule has 0 atom stereocenters. The Bertz CT molecular complexity index is 274. The van der Waals surface area contributed by atoms with Crippen molar-refractivity contribution in [3.63, 3.8) is 0 Å². The Morgan fingerprint density at radius 1 is 1.25 bits per heavy atom. The van der Waals surface area contributed by atoms with Gasteiger partial charge in [-0.15, -0.1) is 24.0 Å². The third-order valence-corrected chi connectivity index (χ3v) is 2.28. The quantitative estimate of drug-likeness (QED) is 0.201. The Kier molecular flexibility index (Phi) is 16.1. The van der Waals surface area contributed by atoms with E-state index in [-0.39, 0.29) is 29.9 Å². The average molecular weight is 401 g/mol. The van der Waals surface area contributed by atoms with Gasteiger partial charge in [0.05, 0.1) is 13.5 Å². The van der Waals surface area contributed by atoms with Gasteiger partial charge in [-0.3, -0.25) is 9.79 Å². The highest BCUT2D eigenvalue weighted by atomic mass is 127. The Balaban J connectivity index is 0. The largest absolute Gasteiger partial charge is 0.469 e. The highest BCUT2D eigenvalue weighted by Gasteiger charge is 2.01. The SMILES string of the molecule is CN=C(NCCCOCC(C)C)NCCC(=O)OC.I. The lowest BCUT2D eigenvalue weighted by Crippen LogP contribution is -2.39. The van der Waals surface area contributed by atoms with Crippen LogP contribution in [0.3, 0.4) is 0 Å². The first-order chi connectivity index (χ1) is 9.10. The van der Waals surface area contributed by atoms with Crippen LogP contribution >= 0.6 is 24.0 Å². The Morgan fingerprint density at radius 3 is 2.45 bits per heavy atom. The van der Waals surface area contributed by atoms with Crippen molar-refractivity contribution in [3.05, 3.63) is 0 Å². The van der Waals surface area contributed by atoms with Crippen LogP contribution in [-0.2, 0) is 14.3 Å². The predicted molar refractivity (Wildman–Crippen MR) is 91.7 cm³/mol. The van der Waals surface area contributed by atoms with Crippen LogP contribution in [0.4, 0.5) is 0 Å². The molecule has 0 spiro atoms. The molecule has 0 aromatic heterocycles. The minimum Gasteiger partial charge on any atom is -0.469 e. The van der Waals surface area contributed by atoms with Gasteiger partial charge in [0.15, 0.2) is 5.96 Å². The molecule has 0 bridgehead atoms. The number of nitrogens with zero attached hydrogens (tertiary/aromatic N) is 1. The number of carbonyl (C=O) groups is 1. The fourth-order valence-electron chi connectivity index (χ4n) is 1.31. The molecule has 120 valence electrons. The van der Waals surface area contributed by atoms with Crippen molar-refractivity contribution in [3.8, 4) is 0 Å². The lowest BCUT2D eigenvalue weighted by molar-refractivity contribution is -0.140. The first-order valence-electron chi connectivity index (χ1n) is 6.69. The lowest BCUT2D eigenvalue weighted by Gasteiger charge is -2.11. The average Bonchev–Trinajstić information content (AvgIpc) is 2.39. The van der Waals surface area contributed by atoms with Crippen molar-refractivity contribution in [2.45, 2.75) is 26.7 Å². The highest BCUT2D eigenvalue weighted by molar-refractivity contribution is 14.0. The summed E-state index contributed by atoms with van der Waals surface area (Å²) in [5, 5.41) is 6.20. The smallest absolute Gasteiger partial charge is 0.307 e. The number of hydrogen-bond acceptors (Lipinski definition) is 4. The van der Waals surface area contributed by atoms with Crippen molar-refractivity contribution in [2.24, 2.45) is 10.9 Å². The minimum absolute atomic E-state index is 0. The number of carbonyl (C=O) groups excluding carboxylic acids is 1. The van der Waals surface area contributed by atoms with Gasteiger partial charge < -0.3 is 20.1 Å². The van der Waals surface area contributed by atoms with E-state index in [1.165, 1.54) is 7.11 Å². The zero-order valence-electron chi connectivity index (χ0n) is 12.9. The zero-order valence-corrected chi connectivity index (χ0v) is 15.2. The summed E-state index contributed by atoms with van der Waals surface area (Å²) in [4.78, 5) is 15.0. The number of methoxy groups -OCH3 is 1. The molecule has 0 rings (SSSR count). The maximum Gasteiger partial charge on any atom is 0.307 e. The summed E-state index contributed by atoms with van der Waals surface area (Å²) in [5.74, 6) is 1.03. The second-order valence-corrected chi connectivity index (χ2v) is 4.57. The maximum atomic E-state index is 10.9. The standard InChI is InChI=1S/C13H27N3O3.HI/c1-11(2)10-19-9-5-7-15-13(14-3)16-8-6-12(17)18-4;/h11H,5-10H2,1-4H3,(H2,14,15,16);1H. The van der Waals surface area contributed by atoms with E-state index in [9.17, 15) is 4.79 Å². The Hall–Kier alpha value is -0.570. The molecule has 0 saturated heterocycles. The molecule has 0 aliphatic carbocycles. The van der Waals surface area contributed by atoms with Crippen LogP contribution < -0.4 is 10.6 Å². The summed E-state index contributed by atoms with van der Waals surface area (Å²) in [6, 6.07) is 0. The zero-order chi connectivity index (χ0) is 14.5. The molecule has 6 nitrogen and oxygen atoms in total. The Morgan fingerprint density at radius 2 is 1.90 bits per heavy atom. The van der Waals surface area contributed by atoms with E-state index in [0.717, 1.165) is 26.2 Å². The molecule has 0 aromatic carbocycles. The van der Waals surface area contributed by atoms with E-state index >= 15 is 0 Å². The number of nitrogens with one attached hydrogen (secondary N) is 2. The molecule has 20 heavy (non-hydrogen) atoms. The van der Waals surface area contributed by atoms with Gasteiger partial charge in [0, 0.05) is 33.4 Å². The monoisotopic (exact) mass is 401 g/mol. The summed E-state index contributed by atoms with van der Waals surface area (Å²) in [7, 11) is 3.08. The number of ether oxygens (including phenoxy) is 2. The van der Waals surface area contributed by atoms with E-state index in [1.54, 1.807) is 7.05 Å². The maximum absolute atomic E-state index is 10.9. The molecule has 0 radical (unpaired) electrons. The fourth-order valence-corrected chi connectivity index (χ4v) is 1.31. The molecule has 0 fully saturated rings. The summed E-state index contributed by atoms with van der Waals surface area (Å²) in [6.07, 6.45) is 1.25. The molecular weight excluding hydrogens is 373 g/mol. The van der Waals surface area contributed by atoms with Gasteiger partial charge in [-0.25, -0.2) is 0 Å². The van der Waals surface area contributed by atoms with Gasteiger partial charge in [0.25, 0.3) is 0 Å². The van der Waals surface area contributed by atoms with Crippen LogP contribution in [0.25, 0.3) is 0 Å². The van der Waals surface area contributed by atoms with Crippen molar-refractivity contribution in [2.75, 3.05) is 40.5 Å². The molecule has 2 N–H and O–H groups in total. The molecule has 0 unspecified atom stereocenters. The number of hydrogen-bond donors (Lipinski definition) is 2. The van der Waals surface area contributed by atoms with Crippen LogP contribution in [0, 0.1) is 5.92 Å². The van der Waals surface area contributed by atoms with Crippen LogP contribution in [0.5, 0.6) is 0 Å². The fraction of sp³-hybridized carbons (Fsp3) is 0.846. The molecule has 7 heteroatoms. The second kappa shape index (κ2) is 14.8. The first kappa shape index (κ1) is 21.7. The summed E-state index contributed by atoms with van der Waals surface area (Å²) >= 11 is 0.